The molecule has 0 N–H and O–H groups in total. The second kappa shape index (κ2) is 4.03. The van der Waals surface area contributed by atoms with E-state index in [1.165, 1.54) is 0 Å². The van der Waals surface area contributed by atoms with Crippen molar-refractivity contribution in [2.45, 2.75) is 0 Å². The molecule has 0 aromatic carbocycles. The second-order valence-electron chi connectivity index (χ2n) is 3.57. The van der Waals surface area contributed by atoms with Gasteiger partial charge in [-0.2, -0.15) is 4.98 Å². The highest BCUT2D eigenvalue weighted by Gasteiger charge is 2.17. The van der Waals surface area contributed by atoms with Crippen LogP contribution < -0.4 is 4.90 Å². The number of rotatable bonds is 1. The number of pyridine rings is 1. The van der Waals surface area contributed by atoms with Gasteiger partial charge in [0.15, 0.2) is 5.58 Å². The maximum absolute atomic E-state index is 5.64. The Balaban J connectivity index is 1.97. The summed E-state index contributed by atoms with van der Waals surface area (Å²) in [6, 6.07) is 2.50. The van der Waals surface area contributed by atoms with E-state index in [4.69, 9.17) is 9.15 Å². The minimum atomic E-state index is 0.651. The molecule has 0 aliphatic carbocycles. The van der Waals surface area contributed by atoms with E-state index in [2.05, 4.69) is 30.8 Å². The first-order valence-electron chi connectivity index (χ1n) is 5.08. The first kappa shape index (κ1) is 10.0. The van der Waals surface area contributed by atoms with Crippen molar-refractivity contribution in [2.24, 2.45) is 0 Å². The summed E-state index contributed by atoms with van der Waals surface area (Å²) >= 11 is 3.31. The number of aromatic nitrogens is 2. The van der Waals surface area contributed by atoms with Gasteiger partial charge < -0.3 is 14.1 Å². The molecule has 2 aromatic heterocycles. The van der Waals surface area contributed by atoms with E-state index in [0.29, 0.717) is 11.6 Å². The number of nitrogens with zero attached hydrogens (tertiary/aromatic N) is 3. The van der Waals surface area contributed by atoms with Crippen LogP contribution in [0.1, 0.15) is 0 Å². The van der Waals surface area contributed by atoms with E-state index in [9.17, 15) is 0 Å². The average molecular weight is 284 g/mol. The summed E-state index contributed by atoms with van der Waals surface area (Å²) in [6.45, 7) is 3.09. The van der Waals surface area contributed by atoms with Crippen LogP contribution in [0.25, 0.3) is 11.1 Å². The van der Waals surface area contributed by atoms with Gasteiger partial charge >= 0.3 is 0 Å². The van der Waals surface area contributed by atoms with E-state index in [1.54, 1.807) is 6.20 Å². The highest BCUT2D eigenvalue weighted by molar-refractivity contribution is 9.10. The molecule has 0 spiro atoms. The Morgan fingerprint density at radius 1 is 1.31 bits per heavy atom. The van der Waals surface area contributed by atoms with Crippen molar-refractivity contribution in [1.82, 2.24) is 9.97 Å². The summed E-state index contributed by atoms with van der Waals surface area (Å²) in [7, 11) is 0. The molecule has 1 aliphatic rings. The average Bonchev–Trinajstić information content (AvgIpc) is 2.73. The molecule has 0 bridgehead atoms. The van der Waals surface area contributed by atoms with Gasteiger partial charge in [0.1, 0.15) is 10.1 Å². The largest absolute Gasteiger partial charge is 0.422 e. The van der Waals surface area contributed by atoms with Crippen LogP contribution in [0.15, 0.2) is 21.3 Å². The van der Waals surface area contributed by atoms with Crippen LogP contribution in [0.4, 0.5) is 6.01 Å². The van der Waals surface area contributed by atoms with Crippen molar-refractivity contribution in [3.63, 3.8) is 0 Å². The number of hydrogen-bond donors (Lipinski definition) is 0. The van der Waals surface area contributed by atoms with Crippen molar-refractivity contribution >= 4 is 33.0 Å². The first-order valence-corrected chi connectivity index (χ1v) is 5.87. The van der Waals surface area contributed by atoms with Crippen LogP contribution >= 0.6 is 15.9 Å². The molecule has 1 fully saturated rings. The van der Waals surface area contributed by atoms with Crippen LogP contribution in [0.3, 0.4) is 0 Å². The summed E-state index contributed by atoms with van der Waals surface area (Å²) < 4.78 is 11.7. The summed E-state index contributed by atoms with van der Waals surface area (Å²) in [5, 5.41) is 0. The van der Waals surface area contributed by atoms with Crippen LogP contribution in [-0.4, -0.2) is 36.3 Å². The molecule has 3 heterocycles. The quantitative estimate of drug-likeness (QED) is 0.748. The molecule has 6 heteroatoms. The van der Waals surface area contributed by atoms with Crippen molar-refractivity contribution in [3.8, 4) is 0 Å². The molecule has 0 unspecified atom stereocenters. The number of halogens is 1. The normalized spacial score (nSPS) is 16.9. The van der Waals surface area contributed by atoms with Gasteiger partial charge in [-0.25, -0.2) is 4.98 Å². The highest BCUT2D eigenvalue weighted by atomic mass is 79.9. The Morgan fingerprint density at radius 2 is 2.12 bits per heavy atom. The summed E-state index contributed by atoms with van der Waals surface area (Å²) in [6.07, 6.45) is 1.68. The Bertz CT molecular complexity index is 508. The lowest BCUT2D eigenvalue weighted by Gasteiger charge is -2.24. The fourth-order valence-corrected chi connectivity index (χ4v) is 2.01. The minimum Gasteiger partial charge on any atom is -0.422 e. The third kappa shape index (κ3) is 1.78. The van der Waals surface area contributed by atoms with Gasteiger partial charge in [0.2, 0.25) is 0 Å². The van der Waals surface area contributed by atoms with Gasteiger partial charge in [-0.3, -0.25) is 0 Å². The van der Waals surface area contributed by atoms with Gasteiger partial charge in [-0.05, 0) is 15.9 Å². The molecule has 0 saturated carbocycles. The molecule has 1 saturated heterocycles. The second-order valence-corrected chi connectivity index (χ2v) is 4.38. The van der Waals surface area contributed by atoms with E-state index >= 15 is 0 Å². The Morgan fingerprint density at radius 3 is 2.94 bits per heavy atom. The van der Waals surface area contributed by atoms with Gasteiger partial charge in [-0.15, -0.1) is 0 Å². The SMILES string of the molecule is Brc1cc2nc(N3CCOCC3)oc2cn1. The van der Waals surface area contributed by atoms with Gasteiger partial charge in [0, 0.05) is 19.2 Å². The molecule has 5 nitrogen and oxygen atoms in total. The predicted octanol–water partition coefficient (Wildman–Crippen LogP) is 1.82. The summed E-state index contributed by atoms with van der Waals surface area (Å²) in [4.78, 5) is 10.6. The van der Waals surface area contributed by atoms with Crippen LogP contribution in [0, 0.1) is 0 Å². The maximum atomic E-state index is 5.64. The lowest BCUT2D eigenvalue weighted by molar-refractivity contribution is 0.120. The monoisotopic (exact) mass is 283 g/mol. The lowest BCUT2D eigenvalue weighted by atomic mass is 10.4. The topological polar surface area (TPSA) is 51.4 Å². The fourth-order valence-electron chi connectivity index (χ4n) is 1.69. The number of oxazole rings is 1. The number of ether oxygens (including phenoxy) is 1. The molecular weight excluding hydrogens is 274 g/mol. The summed E-state index contributed by atoms with van der Waals surface area (Å²) in [5.41, 5.74) is 1.54. The van der Waals surface area contributed by atoms with Gasteiger partial charge in [0.25, 0.3) is 6.01 Å². The smallest absolute Gasteiger partial charge is 0.298 e. The molecular formula is C10H10BrN3O2. The number of morpholine rings is 1. The van der Waals surface area contributed by atoms with Crippen molar-refractivity contribution < 1.29 is 9.15 Å². The molecule has 0 atom stereocenters. The Hall–Kier alpha value is -1.14. The van der Waals surface area contributed by atoms with Crippen LogP contribution in [-0.2, 0) is 4.74 Å². The zero-order valence-corrected chi connectivity index (χ0v) is 10.1. The van der Waals surface area contributed by atoms with Crippen molar-refractivity contribution in [3.05, 3.63) is 16.9 Å². The Kier molecular flexibility index (Phi) is 2.53. The zero-order valence-electron chi connectivity index (χ0n) is 8.52. The van der Waals surface area contributed by atoms with E-state index in [-0.39, 0.29) is 0 Å². The third-order valence-corrected chi connectivity index (χ3v) is 2.95. The van der Waals surface area contributed by atoms with Crippen molar-refractivity contribution in [1.29, 1.82) is 0 Å². The number of fused-ring (bicyclic) bond motifs is 1. The predicted molar refractivity (Wildman–Crippen MR) is 62.5 cm³/mol. The van der Waals surface area contributed by atoms with Gasteiger partial charge in [-0.1, -0.05) is 0 Å². The summed E-state index contributed by atoms with van der Waals surface area (Å²) in [5.74, 6) is 0. The Labute approximate surface area is 101 Å². The molecule has 1 aliphatic heterocycles. The standard InChI is InChI=1S/C10H10BrN3O2/c11-9-5-7-8(6-12-9)16-10(13-7)14-1-3-15-4-2-14/h5-6H,1-4H2. The third-order valence-electron chi connectivity index (χ3n) is 2.51. The molecule has 0 amide bonds. The lowest BCUT2D eigenvalue weighted by Crippen LogP contribution is -2.36. The molecule has 84 valence electrons. The van der Waals surface area contributed by atoms with E-state index < -0.39 is 0 Å². The molecule has 2 aromatic rings. The van der Waals surface area contributed by atoms with Crippen LogP contribution in [0.2, 0.25) is 0 Å². The van der Waals surface area contributed by atoms with Gasteiger partial charge in [0.05, 0.1) is 19.4 Å². The highest BCUT2D eigenvalue weighted by Crippen LogP contribution is 2.23. The molecule has 3 rings (SSSR count). The zero-order chi connectivity index (χ0) is 11.0. The number of hydrogen-bond acceptors (Lipinski definition) is 5. The molecule has 16 heavy (non-hydrogen) atoms. The molecule has 0 radical (unpaired) electrons. The maximum Gasteiger partial charge on any atom is 0.298 e. The van der Waals surface area contributed by atoms with Crippen LogP contribution in [0.5, 0.6) is 0 Å². The minimum absolute atomic E-state index is 0.651. The van der Waals surface area contributed by atoms with E-state index in [1.807, 2.05) is 6.07 Å². The fraction of sp³-hybridized carbons (Fsp3) is 0.400. The first-order chi connectivity index (χ1) is 7.83. The van der Waals surface area contributed by atoms with E-state index in [0.717, 1.165) is 36.4 Å². The number of anilines is 1. The van der Waals surface area contributed by atoms with Crippen molar-refractivity contribution in [2.75, 3.05) is 31.2 Å².